The van der Waals surface area contributed by atoms with Crippen molar-refractivity contribution >= 4 is 11.3 Å². The quantitative estimate of drug-likeness (QED) is 0.599. The molecular formula is C13H18N4OS. The van der Waals surface area contributed by atoms with Gasteiger partial charge in [-0.3, -0.25) is 16.3 Å². The van der Waals surface area contributed by atoms with E-state index in [0.29, 0.717) is 5.88 Å². The van der Waals surface area contributed by atoms with Crippen molar-refractivity contribution < 1.29 is 4.74 Å². The summed E-state index contributed by atoms with van der Waals surface area (Å²) in [7, 11) is 1.59. The first kappa shape index (κ1) is 13.9. The van der Waals surface area contributed by atoms with Crippen molar-refractivity contribution in [2.24, 2.45) is 5.84 Å². The fourth-order valence-corrected chi connectivity index (χ4v) is 2.72. The normalized spacial score (nSPS) is 12.3. The molecule has 2 aromatic heterocycles. The van der Waals surface area contributed by atoms with Crippen molar-refractivity contribution in [2.45, 2.75) is 25.3 Å². The van der Waals surface area contributed by atoms with Crippen LogP contribution in [0.2, 0.25) is 0 Å². The molecule has 6 heteroatoms. The molecule has 0 saturated heterocycles. The first-order chi connectivity index (χ1) is 9.35. The van der Waals surface area contributed by atoms with Crippen LogP contribution in [0.5, 0.6) is 5.88 Å². The van der Waals surface area contributed by atoms with Gasteiger partial charge in [0.1, 0.15) is 5.69 Å². The molecule has 2 rings (SSSR count). The lowest BCUT2D eigenvalue weighted by Crippen LogP contribution is -2.29. The van der Waals surface area contributed by atoms with Crippen LogP contribution in [-0.2, 0) is 6.42 Å². The number of hydrogen-bond donors (Lipinski definition) is 2. The summed E-state index contributed by atoms with van der Waals surface area (Å²) in [5.41, 5.74) is 3.56. The van der Waals surface area contributed by atoms with Gasteiger partial charge < -0.3 is 4.74 Å². The van der Waals surface area contributed by atoms with Gasteiger partial charge in [0, 0.05) is 17.3 Å². The molecule has 0 aromatic carbocycles. The van der Waals surface area contributed by atoms with Crippen LogP contribution in [-0.4, -0.2) is 17.1 Å². The maximum absolute atomic E-state index is 5.62. The van der Waals surface area contributed by atoms with Crippen LogP contribution in [0.4, 0.5) is 0 Å². The fourth-order valence-electron chi connectivity index (χ4n) is 1.97. The van der Waals surface area contributed by atoms with E-state index in [1.165, 1.54) is 4.88 Å². The molecule has 2 aromatic rings. The van der Waals surface area contributed by atoms with E-state index in [0.717, 1.165) is 25.0 Å². The van der Waals surface area contributed by atoms with E-state index in [-0.39, 0.29) is 6.04 Å². The van der Waals surface area contributed by atoms with E-state index in [2.05, 4.69) is 32.9 Å². The Morgan fingerprint density at radius 2 is 2.26 bits per heavy atom. The van der Waals surface area contributed by atoms with Crippen LogP contribution >= 0.6 is 11.3 Å². The lowest BCUT2D eigenvalue weighted by atomic mass is 10.1. The van der Waals surface area contributed by atoms with Crippen LogP contribution in [0, 0.1) is 0 Å². The third-order valence-electron chi connectivity index (χ3n) is 2.91. The van der Waals surface area contributed by atoms with Gasteiger partial charge in [0.25, 0.3) is 0 Å². The molecule has 0 spiro atoms. The van der Waals surface area contributed by atoms with Crippen LogP contribution in [0.15, 0.2) is 29.9 Å². The van der Waals surface area contributed by atoms with Crippen LogP contribution in [0.3, 0.4) is 0 Å². The summed E-state index contributed by atoms with van der Waals surface area (Å²) < 4.78 is 5.21. The lowest BCUT2D eigenvalue weighted by molar-refractivity contribution is 0.372. The predicted molar refractivity (Wildman–Crippen MR) is 75.9 cm³/mol. The van der Waals surface area contributed by atoms with Gasteiger partial charge in [0.2, 0.25) is 5.88 Å². The van der Waals surface area contributed by atoms with E-state index in [1.807, 2.05) is 0 Å². The number of nitrogens with zero attached hydrogens (tertiary/aromatic N) is 2. The molecule has 0 aliphatic rings. The number of methoxy groups -OCH3 is 1. The summed E-state index contributed by atoms with van der Waals surface area (Å²) in [5, 5.41) is 2.10. The zero-order valence-electron chi connectivity index (χ0n) is 10.9. The van der Waals surface area contributed by atoms with Crippen molar-refractivity contribution in [3.05, 3.63) is 40.5 Å². The minimum Gasteiger partial charge on any atom is -0.480 e. The molecule has 102 valence electrons. The highest BCUT2D eigenvalue weighted by molar-refractivity contribution is 7.09. The molecule has 0 aliphatic carbocycles. The first-order valence-corrected chi connectivity index (χ1v) is 7.06. The lowest BCUT2D eigenvalue weighted by Gasteiger charge is -2.16. The minimum absolute atomic E-state index is 0.0383. The van der Waals surface area contributed by atoms with Crippen molar-refractivity contribution in [3.8, 4) is 5.88 Å². The molecule has 0 bridgehead atoms. The zero-order chi connectivity index (χ0) is 13.5. The summed E-state index contributed by atoms with van der Waals surface area (Å²) in [4.78, 5) is 9.85. The number of aromatic nitrogens is 2. The van der Waals surface area contributed by atoms with E-state index in [1.54, 1.807) is 30.8 Å². The molecule has 1 unspecified atom stereocenters. The summed E-state index contributed by atoms with van der Waals surface area (Å²) in [6.07, 6.45) is 6.25. The molecule has 0 radical (unpaired) electrons. The predicted octanol–water partition coefficient (Wildman–Crippen LogP) is 2.07. The van der Waals surface area contributed by atoms with Gasteiger partial charge in [-0.25, -0.2) is 4.98 Å². The Labute approximate surface area is 116 Å². The third kappa shape index (κ3) is 3.73. The second-order valence-electron chi connectivity index (χ2n) is 4.14. The Kier molecular flexibility index (Phi) is 5.26. The molecule has 2 heterocycles. The number of rotatable bonds is 7. The van der Waals surface area contributed by atoms with Crippen molar-refractivity contribution in [1.82, 2.24) is 15.4 Å². The SMILES string of the molecule is COc1nccnc1C(CCCc1cccs1)NN. The number of nitrogens with two attached hydrogens (primary N) is 1. The van der Waals surface area contributed by atoms with E-state index in [4.69, 9.17) is 10.6 Å². The first-order valence-electron chi connectivity index (χ1n) is 6.18. The van der Waals surface area contributed by atoms with Crippen LogP contribution in [0.25, 0.3) is 0 Å². The van der Waals surface area contributed by atoms with Gasteiger partial charge in [-0.2, -0.15) is 0 Å². The Morgan fingerprint density at radius 3 is 2.95 bits per heavy atom. The molecule has 19 heavy (non-hydrogen) atoms. The number of thiophene rings is 1. The Balaban J connectivity index is 1.95. The molecule has 0 amide bonds. The molecule has 5 nitrogen and oxygen atoms in total. The number of nitrogens with one attached hydrogen (secondary N) is 1. The van der Waals surface area contributed by atoms with Gasteiger partial charge >= 0.3 is 0 Å². The summed E-state index contributed by atoms with van der Waals surface area (Å²) >= 11 is 1.78. The Morgan fingerprint density at radius 1 is 1.42 bits per heavy atom. The summed E-state index contributed by atoms with van der Waals surface area (Å²) in [6, 6.07) is 4.19. The maximum Gasteiger partial charge on any atom is 0.237 e. The van der Waals surface area contributed by atoms with Gasteiger partial charge in [-0.1, -0.05) is 6.07 Å². The average molecular weight is 278 g/mol. The highest BCUT2D eigenvalue weighted by Crippen LogP contribution is 2.24. The second-order valence-corrected chi connectivity index (χ2v) is 5.17. The number of hydrogen-bond acceptors (Lipinski definition) is 6. The summed E-state index contributed by atoms with van der Waals surface area (Å²) in [6.45, 7) is 0. The molecular weight excluding hydrogens is 260 g/mol. The third-order valence-corrected chi connectivity index (χ3v) is 3.85. The zero-order valence-corrected chi connectivity index (χ0v) is 11.7. The highest BCUT2D eigenvalue weighted by atomic mass is 32.1. The average Bonchev–Trinajstić information content (AvgIpc) is 2.97. The van der Waals surface area contributed by atoms with Gasteiger partial charge in [0.05, 0.1) is 13.2 Å². The second kappa shape index (κ2) is 7.18. The van der Waals surface area contributed by atoms with Crippen molar-refractivity contribution in [1.29, 1.82) is 0 Å². The van der Waals surface area contributed by atoms with Crippen LogP contribution in [0.1, 0.15) is 29.5 Å². The van der Waals surface area contributed by atoms with Crippen molar-refractivity contribution in [2.75, 3.05) is 7.11 Å². The highest BCUT2D eigenvalue weighted by Gasteiger charge is 2.16. The van der Waals surface area contributed by atoms with Gasteiger partial charge in [-0.05, 0) is 30.7 Å². The van der Waals surface area contributed by atoms with Crippen molar-refractivity contribution in [3.63, 3.8) is 0 Å². The molecule has 0 aliphatic heterocycles. The van der Waals surface area contributed by atoms with Gasteiger partial charge in [0.15, 0.2) is 0 Å². The maximum atomic E-state index is 5.62. The Hall–Kier alpha value is -1.50. The molecule has 1 atom stereocenters. The van der Waals surface area contributed by atoms with E-state index < -0.39 is 0 Å². The monoisotopic (exact) mass is 278 g/mol. The Bertz CT molecular complexity index is 489. The number of ether oxygens (including phenoxy) is 1. The standard InChI is InChI=1S/C13H18N4OS/c1-18-13-12(15-7-8-16-13)11(17-14)6-2-4-10-5-3-9-19-10/h3,5,7-9,11,17H,2,4,6,14H2,1H3. The van der Waals surface area contributed by atoms with E-state index in [9.17, 15) is 0 Å². The fraction of sp³-hybridized carbons (Fsp3) is 0.385. The molecule has 0 saturated carbocycles. The molecule has 0 fully saturated rings. The van der Waals surface area contributed by atoms with E-state index >= 15 is 0 Å². The summed E-state index contributed by atoms with van der Waals surface area (Å²) in [5.74, 6) is 6.15. The molecule has 3 N–H and O–H groups in total. The minimum atomic E-state index is -0.0383. The largest absolute Gasteiger partial charge is 0.480 e. The number of hydrazine groups is 1. The smallest absolute Gasteiger partial charge is 0.237 e. The van der Waals surface area contributed by atoms with Gasteiger partial charge in [-0.15, -0.1) is 11.3 Å². The van der Waals surface area contributed by atoms with Crippen LogP contribution < -0.4 is 16.0 Å². The topological polar surface area (TPSA) is 73.1 Å². The number of aryl methyl sites for hydroxylation is 1.